The van der Waals surface area contributed by atoms with E-state index in [4.69, 9.17) is 4.74 Å². The van der Waals surface area contributed by atoms with Crippen LogP contribution in [0.1, 0.15) is 19.8 Å². The molecule has 1 aromatic heterocycles. The minimum absolute atomic E-state index is 0.0684. The molecule has 0 amide bonds. The van der Waals surface area contributed by atoms with E-state index in [1.165, 1.54) is 6.20 Å². The van der Waals surface area contributed by atoms with E-state index >= 15 is 0 Å². The van der Waals surface area contributed by atoms with Gasteiger partial charge in [0.05, 0.1) is 11.0 Å². The third-order valence-corrected chi connectivity index (χ3v) is 3.25. The van der Waals surface area contributed by atoms with Gasteiger partial charge in [-0.1, -0.05) is 0 Å². The largest absolute Gasteiger partial charge is 0.377 e. The molecule has 1 fully saturated rings. The number of anilines is 2. The fraction of sp³-hybridized carbons (Fsp3) is 0.667. The molecule has 2 heterocycles. The summed E-state index contributed by atoms with van der Waals surface area (Å²) in [6, 6.07) is 0. The summed E-state index contributed by atoms with van der Waals surface area (Å²) in [6.07, 6.45) is 3.25. The molecule has 2 rings (SSSR count). The minimum atomic E-state index is -0.445. The van der Waals surface area contributed by atoms with E-state index in [-0.39, 0.29) is 11.8 Å². The van der Waals surface area contributed by atoms with Crippen LogP contribution in [0.15, 0.2) is 6.20 Å². The number of aromatic nitrogens is 2. The molecule has 8 nitrogen and oxygen atoms in total. The lowest BCUT2D eigenvalue weighted by Gasteiger charge is -2.32. The summed E-state index contributed by atoms with van der Waals surface area (Å²) in [7, 11) is 1.68. The van der Waals surface area contributed by atoms with Crippen LogP contribution in [0.3, 0.4) is 0 Å². The van der Waals surface area contributed by atoms with Gasteiger partial charge in [-0.05, 0) is 19.8 Å². The molecule has 1 N–H and O–H groups in total. The summed E-state index contributed by atoms with van der Waals surface area (Å²) in [5.41, 5.74) is -0.0684. The molecule has 20 heavy (non-hydrogen) atoms. The lowest BCUT2D eigenvalue weighted by atomic mass is 10.1. The molecule has 8 heteroatoms. The standard InChI is InChI=1S/C12H19N5O3/c1-3-20-9-5-4-6-16(8-9)11-10(17(18)19)7-14-12(13-2)15-11/h7,9H,3-6,8H2,1-2H3,(H,13,14,15). The average molecular weight is 281 g/mol. The van der Waals surface area contributed by atoms with E-state index in [1.54, 1.807) is 7.05 Å². The van der Waals surface area contributed by atoms with Crippen molar-refractivity contribution in [3.05, 3.63) is 16.3 Å². The maximum atomic E-state index is 11.1. The first-order valence-electron chi connectivity index (χ1n) is 6.71. The third kappa shape index (κ3) is 3.13. The zero-order valence-electron chi connectivity index (χ0n) is 11.7. The summed E-state index contributed by atoms with van der Waals surface area (Å²) in [5, 5.41) is 13.9. The second kappa shape index (κ2) is 6.47. The van der Waals surface area contributed by atoms with Crippen LogP contribution in [-0.4, -0.2) is 47.7 Å². The van der Waals surface area contributed by atoms with Crippen LogP contribution in [0.2, 0.25) is 0 Å². The second-order valence-electron chi connectivity index (χ2n) is 4.58. The first-order chi connectivity index (χ1) is 9.65. The van der Waals surface area contributed by atoms with E-state index in [9.17, 15) is 10.1 Å². The third-order valence-electron chi connectivity index (χ3n) is 3.25. The van der Waals surface area contributed by atoms with Crippen molar-refractivity contribution in [1.29, 1.82) is 0 Å². The Labute approximate surface area is 117 Å². The Hall–Kier alpha value is -1.96. The maximum Gasteiger partial charge on any atom is 0.329 e. The first-order valence-corrected chi connectivity index (χ1v) is 6.71. The normalized spacial score (nSPS) is 18.9. The molecule has 0 spiro atoms. The molecule has 0 saturated carbocycles. The van der Waals surface area contributed by atoms with Gasteiger partial charge in [0.2, 0.25) is 11.8 Å². The number of ether oxygens (including phenoxy) is 1. The van der Waals surface area contributed by atoms with E-state index in [0.29, 0.717) is 24.9 Å². The Morgan fingerprint density at radius 2 is 2.45 bits per heavy atom. The molecule has 110 valence electrons. The summed E-state index contributed by atoms with van der Waals surface area (Å²) >= 11 is 0. The zero-order valence-corrected chi connectivity index (χ0v) is 11.7. The fourth-order valence-electron chi connectivity index (χ4n) is 2.35. The number of piperidine rings is 1. The molecular weight excluding hydrogens is 262 g/mol. The molecule has 1 unspecified atom stereocenters. The molecule has 0 bridgehead atoms. The summed E-state index contributed by atoms with van der Waals surface area (Å²) in [4.78, 5) is 20.7. The monoisotopic (exact) mass is 281 g/mol. The summed E-state index contributed by atoms with van der Waals surface area (Å²) in [5.74, 6) is 0.739. The number of nitrogens with one attached hydrogen (secondary N) is 1. The van der Waals surface area contributed by atoms with Crippen LogP contribution < -0.4 is 10.2 Å². The fourth-order valence-corrected chi connectivity index (χ4v) is 2.35. The van der Waals surface area contributed by atoms with Gasteiger partial charge in [-0.3, -0.25) is 10.1 Å². The second-order valence-corrected chi connectivity index (χ2v) is 4.58. The molecule has 0 radical (unpaired) electrons. The SMILES string of the molecule is CCOC1CCCN(c2nc(NC)ncc2[N+](=O)[O-])C1. The van der Waals surface area contributed by atoms with Crippen LogP contribution in [0.5, 0.6) is 0 Å². The molecular formula is C12H19N5O3. The highest BCUT2D eigenvalue weighted by atomic mass is 16.6. The van der Waals surface area contributed by atoms with Gasteiger partial charge in [-0.25, -0.2) is 4.98 Å². The lowest BCUT2D eigenvalue weighted by Crippen LogP contribution is -2.40. The zero-order chi connectivity index (χ0) is 14.5. The molecule has 0 aliphatic carbocycles. The van der Waals surface area contributed by atoms with Crippen LogP contribution >= 0.6 is 0 Å². The van der Waals surface area contributed by atoms with Gasteiger partial charge < -0.3 is 15.0 Å². The number of nitro groups is 1. The minimum Gasteiger partial charge on any atom is -0.377 e. The van der Waals surface area contributed by atoms with Gasteiger partial charge in [0, 0.05) is 26.7 Å². The Balaban J connectivity index is 2.27. The van der Waals surface area contributed by atoms with Crippen molar-refractivity contribution in [2.24, 2.45) is 0 Å². The van der Waals surface area contributed by atoms with Crippen LogP contribution in [0, 0.1) is 10.1 Å². The Morgan fingerprint density at radius 1 is 1.65 bits per heavy atom. The Bertz CT molecular complexity index is 480. The van der Waals surface area contributed by atoms with Crippen LogP contribution in [-0.2, 0) is 4.74 Å². The van der Waals surface area contributed by atoms with Crippen molar-refractivity contribution in [3.63, 3.8) is 0 Å². The molecule has 0 aromatic carbocycles. The van der Waals surface area contributed by atoms with Gasteiger partial charge in [0.15, 0.2) is 0 Å². The van der Waals surface area contributed by atoms with Crippen molar-refractivity contribution in [3.8, 4) is 0 Å². The van der Waals surface area contributed by atoms with Gasteiger partial charge in [-0.2, -0.15) is 4.98 Å². The predicted octanol–water partition coefficient (Wildman–Crippen LogP) is 1.43. The topological polar surface area (TPSA) is 93.4 Å². The lowest BCUT2D eigenvalue weighted by molar-refractivity contribution is -0.384. The van der Waals surface area contributed by atoms with Gasteiger partial charge in [-0.15, -0.1) is 0 Å². The molecule has 1 aliphatic heterocycles. The Morgan fingerprint density at radius 3 is 3.10 bits per heavy atom. The molecule has 1 aromatic rings. The number of hydrogen-bond donors (Lipinski definition) is 1. The highest BCUT2D eigenvalue weighted by Crippen LogP contribution is 2.29. The van der Waals surface area contributed by atoms with E-state index in [1.807, 2.05) is 11.8 Å². The molecule has 1 saturated heterocycles. The van der Waals surface area contributed by atoms with Gasteiger partial charge in [0.1, 0.15) is 6.20 Å². The molecule has 1 aliphatic rings. The van der Waals surface area contributed by atoms with Crippen molar-refractivity contribution in [1.82, 2.24) is 9.97 Å². The van der Waals surface area contributed by atoms with E-state index < -0.39 is 4.92 Å². The van der Waals surface area contributed by atoms with Gasteiger partial charge in [0.25, 0.3) is 0 Å². The van der Waals surface area contributed by atoms with E-state index in [2.05, 4.69) is 15.3 Å². The van der Waals surface area contributed by atoms with Crippen LogP contribution in [0.25, 0.3) is 0 Å². The van der Waals surface area contributed by atoms with Crippen LogP contribution in [0.4, 0.5) is 17.5 Å². The number of nitrogens with zero attached hydrogens (tertiary/aromatic N) is 4. The van der Waals surface area contributed by atoms with Crippen molar-refractivity contribution in [2.45, 2.75) is 25.9 Å². The quantitative estimate of drug-likeness (QED) is 0.644. The summed E-state index contributed by atoms with van der Waals surface area (Å²) < 4.78 is 5.62. The molecule has 1 atom stereocenters. The Kier molecular flexibility index (Phi) is 4.67. The van der Waals surface area contributed by atoms with Crippen molar-refractivity contribution in [2.75, 3.05) is 37.0 Å². The van der Waals surface area contributed by atoms with Crippen molar-refractivity contribution >= 4 is 17.5 Å². The van der Waals surface area contributed by atoms with Crippen molar-refractivity contribution < 1.29 is 9.66 Å². The number of hydrogen-bond acceptors (Lipinski definition) is 7. The predicted molar refractivity (Wildman–Crippen MR) is 75.1 cm³/mol. The average Bonchev–Trinajstić information content (AvgIpc) is 2.47. The van der Waals surface area contributed by atoms with E-state index in [0.717, 1.165) is 19.4 Å². The maximum absolute atomic E-state index is 11.1. The van der Waals surface area contributed by atoms with Gasteiger partial charge >= 0.3 is 5.69 Å². The first kappa shape index (κ1) is 14.4. The highest BCUT2D eigenvalue weighted by Gasteiger charge is 2.27. The summed E-state index contributed by atoms with van der Waals surface area (Å²) in [6.45, 7) is 3.96. The number of rotatable bonds is 5. The smallest absolute Gasteiger partial charge is 0.329 e. The highest BCUT2D eigenvalue weighted by molar-refractivity contribution is 5.59.